The zero-order valence-corrected chi connectivity index (χ0v) is 10.4. The summed E-state index contributed by atoms with van der Waals surface area (Å²) in [4.78, 5) is 13.4. The quantitative estimate of drug-likeness (QED) is 0.671. The van der Waals surface area contributed by atoms with E-state index in [1.165, 1.54) is 6.07 Å². The van der Waals surface area contributed by atoms with Gasteiger partial charge in [-0.25, -0.2) is 0 Å². The van der Waals surface area contributed by atoms with Crippen LogP contribution in [0.3, 0.4) is 0 Å². The maximum atomic E-state index is 10.7. The highest BCUT2D eigenvalue weighted by Crippen LogP contribution is 2.27. The molecule has 0 aliphatic rings. The minimum atomic E-state index is -0.413. The second-order valence-electron chi connectivity index (χ2n) is 3.47. The van der Waals surface area contributed by atoms with Crippen LogP contribution in [0.1, 0.15) is 5.69 Å². The molecule has 1 aromatic carbocycles. The van der Waals surface area contributed by atoms with Crippen molar-refractivity contribution in [1.82, 2.24) is 4.98 Å². The molecule has 0 aliphatic carbocycles. The summed E-state index contributed by atoms with van der Waals surface area (Å²) in [5, 5.41) is 13.9. The van der Waals surface area contributed by atoms with E-state index in [4.69, 9.17) is 0 Å². The third-order valence-electron chi connectivity index (χ3n) is 2.29. The van der Waals surface area contributed by atoms with E-state index in [0.717, 1.165) is 11.4 Å². The van der Waals surface area contributed by atoms with Gasteiger partial charge in [-0.15, -0.1) is 0 Å². The van der Waals surface area contributed by atoms with Gasteiger partial charge in [-0.05, 0) is 40.2 Å². The van der Waals surface area contributed by atoms with Crippen LogP contribution in [-0.2, 0) is 6.54 Å². The molecule has 0 bridgehead atoms. The summed E-state index contributed by atoms with van der Waals surface area (Å²) in [7, 11) is 0. The molecule has 0 saturated carbocycles. The summed E-state index contributed by atoms with van der Waals surface area (Å²) in [5.41, 5.74) is 1.80. The average molecular weight is 296 g/mol. The number of rotatable bonds is 4. The molecule has 1 aromatic heterocycles. The molecule has 0 aliphatic heterocycles. The number of aromatic nitrogens is 1. The molecule has 88 valence electrons. The van der Waals surface area contributed by atoms with Crippen molar-refractivity contribution < 1.29 is 4.92 Å². The fourth-order valence-corrected chi connectivity index (χ4v) is 1.83. The summed E-state index contributed by atoms with van der Waals surface area (Å²) < 4.78 is 0.480. The van der Waals surface area contributed by atoms with Gasteiger partial charge in [0.1, 0.15) is 0 Å². The molecular weight excluding hydrogens is 286 g/mol. The number of hydrogen-bond donors (Lipinski definition) is 2. The molecule has 5 nitrogen and oxygen atoms in total. The van der Waals surface area contributed by atoms with Crippen LogP contribution in [0.2, 0.25) is 0 Å². The fraction of sp³-hybridized carbons (Fsp3) is 0.0909. The number of anilines is 1. The molecule has 6 heteroatoms. The molecule has 0 saturated heterocycles. The van der Waals surface area contributed by atoms with Gasteiger partial charge in [0, 0.05) is 23.6 Å². The largest absolute Gasteiger partial charge is 0.379 e. The van der Waals surface area contributed by atoms with E-state index in [1.54, 1.807) is 12.1 Å². The zero-order chi connectivity index (χ0) is 12.3. The summed E-state index contributed by atoms with van der Waals surface area (Å²) in [5.74, 6) is 0. The second-order valence-corrected chi connectivity index (χ2v) is 4.33. The monoisotopic (exact) mass is 295 g/mol. The number of nitro benzene ring substituents is 1. The minimum Gasteiger partial charge on any atom is -0.379 e. The molecule has 17 heavy (non-hydrogen) atoms. The van der Waals surface area contributed by atoms with Gasteiger partial charge in [0.2, 0.25) is 0 Å². The van der Waals surface area contributed by atoms with Crippen molar-refractivity contribution in [1.29, 1.82) is 0 Å². The van der Waals surface area contributed by atoms with Crippen LogP contribution in [0.4, 0.5) is 11.4 Å². The zero-order valence-electron chi connectivity index (χ0n) is 8.81. The van der Waals surface area contributed by atoms with Crippen molar-refractivity contribution in [2.45, 2.75) is 6.54 Å². The van der Waals surface area contributed by atoms with Crippen molar-refractivity contribution in [3.05, 3.63) is 56.8 Å². The highest BCUT2D eigenvalue weighted by Gasteiger charge is 2.11. The predicted molar refractivity (Wildman–Crippen MR) is 68.9 cm³/mol. The van der Waals surface area contributed by atoms with Crippen LogP contribution in [0.5, 0.6) is 0 Å². The summed E-state index contributed by atoms with van der Waals surface area (Å²) in [6.45, 7) is 0.603. The fourth-order valence-electron chi connectivity index (χ4n) is 1.44. The van der Waals surface area contributed by atoms with Gasteiger partial charge in [-0.3, -0.25) is 10.1 Å². The predicted octanol–water partition coefficient (Wildman–Crippen LogP) is 3.30. The van der Waals surface area contributed by atoms with Gasteiger partial charge in [0.15, 0.2) is 0 Å². The Labute approximate surface area is 106 Å². The van der Waals surface area contributed by atoms with E-state index in [1.807, 2.05) is 18.3 Å². The number of benzene rings is 1. The highest BCUT2D eigenvalue weighted by molar-refractivity contribution is 9.10. The first kappa shape index (κ1) is 11.7. The van der Waals surface area contributed by atoms with E-state index in [0.29, 0.717) is 11.0 Å². The van der Waals surface area contributed by atoms with Crippen molar-refractivity contribution in [3.8, 4) is 0 Å². The molecule has 0 radical (unpaired) electrons. The number of H-pyrrole nitrogens is 1. The molecule has 0 unspecified atom stereocenters. The van der Waals surface area contributed by atoms with Crippen LogP contribution in [0.25, 0.3) is 0 Å². The molecule has 1 heterocycles. The Morgan fingerprint density at radius 3 is 2.88 bits per heavy atom. The van der Waals surface area contributed by atoms with Gasteiger partial charge >= 0.3 is 0 Å². The molecule has 0 amide bonds. The number of halogens is 1. The Kier molecular flexibility index (Phi) is 3.43. The van der Waals surface area contributed by atoms with E-state index in [2.05, 4.69) is 26.2 Å². The van der Waals surface area contributed by atoms with Crippen LogP contribution in [0, 0.1) is 10.1 Å². The van der Waals surface area contributed by atoms with Gasteiger partial charge < -0.3 is 10.3 Å². The lowest BCUT2D eigenvalue weighted by molar-refractivity contribution is -0.385. The Morgan fingerprint density at radius 1 is 1.41 bits per heavy atom. The second kappa shape index (κ2) is 5.01. The molecule has 2 aromatic rings. The van der Waals surface area contributed by atoms with Crippen LogP contribution >= 0.6 is 15.9 Å². The van der Waals surface area contributed by atoms with Crippen molar-refractivity contribution in [3.63, 3.8) is 0 Å². The summed E-state index contributed by atoms with van der Waals surface area (Å²) in [6.07, 6.45) is 1.83. The highest BCUT2D eigenvalue weighted by atomic mass is 79.9. The van der Waals surface area contributed by atoms with E-state index in [-0.39, 0.29) is 5.69 Å². The van der Waals surface area contributed by atoms with Crippen LogP contribution in [0.15, 0.2) is 41.0 Å². The van der Waals surface area contributed by atoms with Crippen molar-refractivity contribution in [2.24, 2.45) is 0 Å². The first-order valence-corrected chi connectivity index (χ1v) is 5.76. The lowest BCUT2D eigenvalue weighted by Gasteiger charge is -2.05. The minimum absolute atomic E-state index is 0.0569. The number of aromatic amines is 1. The van der Waals surface area contributed by atoms with Crippen molar-refractivity contribution in [2.75, 3.05) is 5.32 Å². The molecule has 0 spiro atoms. The third kappa shape index (κ3) is 2.85. The first-order valence-electron chi connectivity index (χ1n) is 4.97. The van der Waals surface area contributed by atoms with Gasteiger partial charge in [-0.2, -0.15) is 0 Å². The number of hydrogen-bond acceptors (Lipinski definition) is 3. The number of nitrogens with zero attached hydrogens (tertiary/aromatic N) is 1. The van der Waals surface area contributed by atoms with E-state index < -0.39 is 4.92 Å². The lowest BCUT2D eigenvalue weighted by atomic mass is 10.2. The van der Waals surface area contributed by atoms with E-state index in [9.17, 15) is 10.1 Å². The molecule has 2 rings (SSSR count). The number of nitrogens with one attached hydrogen (secondary N) is 2. The number of nitro groups is 1. The van der Waals surface area contributed by atoms with Gasteiger partial charge in [0.05, 0.1) is 15.9 Å². The Balaban J connectivity index is 2.11. The first-order chi connectivity index (χ1) is 8.16. The van der Waals surface area contributed by atoms with Gasteiger partial charge in [-0.1, -0.05) is 0 Å². The van der Waals surface area contributed by atoms with Crippen LogP contribution < -0.4 is 5.32 Å². The van der Waals surface area contributed by atoms with E-state index >= 15 is 0 Å². The topological polar surface area (TPSA) is 71.0 Å². The normalized spacial score (nSPS) is 10.2. The van der Waals surface area contributed by atoms with Crippen LogP contribution in [-0.4, -0.2) is 9.91 Å². The molecule has 0 fully saturated rings. The van der Waals surface area contributed by atoms with Gasteiger partial charge in [0.25, 0.3) is 5.69 Å². The smallest absolute Gasteiger partial charge is 0.285 e. The lowest BCUT2D eigenvalue weighted by Crippen LogP contribution is -2.00. The molecule has 2 N–H and O–H groups in total. The van der Waals surface area contributed by atoms with Crippen molar-refractivity contribution >= 4 is 27.3 Å². The third-order valence-corrected chi connectivity index (χ3v) is 2.96. The average Bonchev–Trinajstić information content (AvgIpc) is 2.80. The maximum Gasteiger partial charge on any atom is 0.285 e. The Morgan fingerprint density at radius 2 is 2.24 bits per heavy atom. The summed E-state index contributed by atoms with van der Waals surface area (Å²) in [6, 6.07) is 8.81. The Hall–Kier alpha value is -1.82. The maximum absolute atomic E-state index is 10.7. The summed E-state index contributed by atoms with van der Waals surface area (Å²) >= 11 is 3.15. The molecular formula is C11H10BrN3O2. The Bertz CT molecular complexity index is 526. The standard InChI is InChI=1S/C11H10BrN3O2/c12-10-4-3-8(6-11(10)15(16)17)14-7-9-2-1-5-13-9/h1-6,13-14H,7H2. The SMILES string of the molecule is O=[N+]([O-])c1cc(NCc2ccc[nH]2)ccc1Br. The molecule has 0 atom stereocenters.